The van der Waals surface area contributed by atoms with Crippen molar-refractivity contribution in [3.63, 3.8) is 0 Å². The van der Waals surface area contributed by atoms with E-state index in [4.69, 9.17) is 0 Å². The van der Waals surface area contributed by atoms with Crippen LogP contribution in [-0.4, -0.2) is 20.1 Å². The summed E-state index contributed by atoms with van der Waals surface area (Å²) in [6.45, 7) is 2.08. The molecule has 126 valence electrons. The van der Waals surface area contributed by atoms with Crippen molar-refractivity contribution in [3.05, 3.63) is 65.5 Å². The van der Waals surface area contributed by atoms with E-state index in [-0.39, 0.29) is 23.1 Å². The van der Waals surface area contributed by atoms with Gasteiger partial charge >= 0.3 is 0 Å². The topological polar surface area (TPSA) is 67.3 Å². The van der Waals surface area contributed by atoms with Crippen molar-refractivity contribution in [2.75, 3.05) is 0 Å². The first-order chi connectivity index (χ1) is 11.6. The van der Waals surface area contributed by atoms with Gasteiger partial charge in [0.25, 0.3) is 0 Å². The van der Waals surface area contributed by atoms with Crippen LogP contribution in [0.5, 0.6) is 0 Å². The molecule has 5 heteroatoms. The summed E-state index contributed by atoms with van der Waals surface area (Å²) in [4.78, 5) is 14.9. The fourth-order valence-corrected chi connectivity index (χ4v) is 5.21. The SMILES string of the molecule is CCCCC1c2ccccc2C(O)(CC(=O)c2ccccn2)S1=O. The van der Waals surface area contributed by atoms with Gasteiger partial charge in [-0.2, -0.15) is 0 Å². The lowest BCUT2D eigenvalue weighted by Gasteiger charge is -2.22. The highest BCUT2D eigenvalue weighted by molar-refractivity contribution is 7.86. The number of Topliss-reactive ketones (excluding diaryl/α,β-unsaturated/α-hetero) is 1. The molecule has 1 N–H and O–H groups in total. The van der Waals surface area contributed by atoms with Gasteiger partial charge in [-0.25, -0.2) is 0 Å². The Morgan fingerprint density at radius 1 is 1.25 bits per heavy atom. The van der Waals surface area contributed by atoms with Gasteiger partial charge in [-0.1, -0.05) is 50.1 Å². The number of hydrogen-bond acceptors (Lipinski definition) is 4. The van der Waals surface area contributed by atoms with Gasteiger partial charge in [0.1, 0.15) is 5.69 Å². The first kappa shape index (κ1) is 17.0. The van der Waals surface area contributed by atoms with Crippen LogP contribution < -0.4 is 0 Å². The largest absolute Gasteiger partial charge is 0.372 e. The number of aliphatic hydroxyl groups is 1. The van der Waals surface area contributed by atoms with Crippen LogP contribution in [0.1, 0.15) is 59.5 Å². The third-order valence-corrected chi connectivity index (χ3v) is 6.53. The van der Waals surface area contributed by atoms with Gasteiger partial charge in [-0.15, -0.1) is 0 Å². The van der Waals surface area contributed by atoms with Crippen molar-refractivity contribution < 1.29 is 14.1 Å². The lowest BCUT2D eigenvalue weighted by atomic mass is 9.94. The molecule has 2 aromatic rings. The Morgan fingerprint density at radius 2 is 2.00 bits per heavy atom. The summed E-state index contributed by atoms with van der Waals surface area (Å²) < 4.78 is 13.0. The Hall–Kier alpha value is -1.85. The molecule has 24 heavy (non-hydrogen) atoms. The Labute approximate surface area is 144 Å². The third kappa shape index (κ3) is 2.94. The number of rotatable bonds is 6. The molecule has 0 saturated carbocycles. The molecule has 3 rings (SSSR count). The number of aromatic nitrogens is 1. The van der Waals surface area contributed by atoms with Crippen LogP contribution >= 0.6 is 0 Å². The Kier molecular flexibility index (Phi) is 4.92. The van der Waals surface area contributed by atoms with Crippen molar-refractivity contribution in [1.82, 2.24) is 4.98 Å². The van der Waals surface area contributed by atoms with E-state index < -0.39 is 15.7 Å². The van der Waals surface area contributed by atoms with Crippen LogP contribution in [-0.2, 0) is 15.7 Å². The van der Waals surface area contributed by atoms with Gasteiger partial charge in [0.2, 0.25) is 0 Å². The number of fused-ring (bicyclic) bond motifs is 1. The Balaban J connectivity index is 1.94. The third-order valence-electron chi connectivity index (χ3n) is 4.49. The second-order valence-corrected chi connectivity index (χ2v) is 7.95. The van der Waals surface area contributed by atoms with E-state index in [1.54, 1.807) is 30.5 Å². The predicted molar refractivity (Wildman–Crippen MR) is 93.9 cm³/mol. The number of carbonyl (C=O) groups is 1. The number of benzene rings is 1. The van der Waals surface area contributed by atoms with Crippen molar-refractivity contribution in [2.24, 2.45) is 0 Å². The Morgan fingerprint density at radius 3 is 2.71 bits per heavy atom. The minimum Gasteiger partial charge on any atom is -0.372 e. The highest BCUT2D eigenvalue weighted by Gasteiger charge is 2.50. The molecule has 3 atom stereocenters. The van der Waals surface area contributed by atoms with E-state index in [1.807, 2.05) is 18.2 Å². The summed E-state index contributed by atoms with van der Waals surface area (Å²) in [5.41, 5.74) is 1.81. The van der Waals surface area contributed by atoms with Crippen molar-refractivity contribution in [1.29, 1.82) is 0 Å². The molecule has 0 fully saturated rings. The first-order valence-electron chi connectivity index (χ1n) is 8.24. The maximum Gasteiger partial charge on any atom is 0.185 e. The number of hydrogen-bond donors (Lipinski definition) is 1. The standard InChI is InChI=1S/C19H21NO3S/c1-2-3-11-18-14-8-4-5-9-15(14)19(22,24(18)23)13-17(21)16-10-6-7-12-20-16/h4-10,12,18,22H,2-3,11,13H2,1H3. The summed E-state index contributed by atoms with van der Waals surface area (Å²) in [5.74, 6) is -0.294. The monoisotopic (exact) mass is 343 g/mol. The van der Waals surface area contributed by atoms with Crippen LogP contribution in [0.15, 0.2) is 48.7 Å². The molecule has 0 saturated heterocycles. The number of carbonyl (C=O) groups excluding carboxylic acids is 1. The fraction of sp³-hybridized carbons (Fsp3) is 0.368. The van der Waals surface area contributed by atoms with Crippen molar-refractivity contribution in [3.8, 4) is 0 Å². The summed E-state index contributed by atoms with van der Waals surface area (Å²) >= 11 is 0. The Bertz CT molecular complexity index is 762. The van der Waals surface area contributed by atoms with E-state index in [9.17, 15) is 14.1 Å². The molecule has 0 radical (unpaired) electrons. The van der Waals surface area contributed by atoms with Gasteiger partial charge in [-0.05, 0) is 24.1 Å². The number of nitrogens with zero attached hydrogens (tertiary/aromatic N) is 1. The molecule has 1 aromatic carbocycles. The van der Waals surface area contributed by atoms with Gasteiger partial charge in [0.15, 0.2) is 10.7 Å². The normalized spacial score (nSPS) is 25.4. The summed E-state index contributed by atoms with van der Waals surface area (Å²) in [6.07, 6.45) is 4.02. The van der Waals surface area contributed by atoms with Crippen LogP contribution in [0, 0.1) is 0 Å². The number of ketones is 1. The second kappa shape index (κ2) is 6.95. The van der Waals surface area contributed by atoms with Crippen LogP contribution in [0.4, 0.5) is 0 Å². The molecule has 0 amide bonds. The first-order valence-corrected chi connectivity index (χ1v) is 9.46. The predicted octanol–water partition coefficient (Wildman–Crippen LogP) is 3.49. The summed E-state index contributed by atoms with van der Waals surface area (Å²) in [5, 5.41) is 10.9. The van der Waals surface area contributed by atoms with Gasteiger partial charge in [0, 0.05) is 11.8 Å². The average molecular weight is 343 g/mol. The zero-order valence-electron chi connectivity index (χ0n) is 13.6. The zero-order valence-corrected chi connectivity index (χ0v) is 14.5. The maximum atomic E-state index is 13.0. The van der Waals surface area contributed by atoms with Gasteiger partial charge < -0.3 is 5.11 Å². The molecule has 1 aliphatic rings. The summed E-state index contributed by atoms with van der Waals surface area (Å²) in [6, 6.07) is 12.5. The molecule has 0 aliphatic carbocycles. The second-order valence-electron chi connectivity index (χ2n) is 6.11. The van der Waals surface area contributed by atoms with Gasteiger partial charge in [-0.3, -0.25) is 14.0 Å². The van der Waals surface area contributed by atoms with E-state index in [2.05, 4.69) is 11.9 Å². The number of pyridine rings is 1. The van der Waals surface area contributed by atoms with E-state index in [0.717, 1.165) is 24.8 Å². The minimum atomic E-state index is -1.64. The van der Waals surface area contributed by atoms with Crippen molar-refractivity contribution in [2.45, 2.75) is 42.8 Å². The molecule has 0 spiro atoms. The van der Waals surface area contributed by atoms with Crippen LogP contribution in [0.2, 0.25) is 0 Å². The van der Waals surface area contributed by atoms with E-state index >= 15 is 0 Å². The molecular weight excluding hydrogens is 322 g/mol. The van der Waals surface area contributed by atoms with E-state index in [1.165, 1.54) is 0 Å². The smallest absolute Gasteiger partial charge is 0.185 e. The molecule has 0 bridgehead atoms. The molecule has 1 aromatic heterocycles. The average Bonchev–Trinajstić information content (AvgIpc) is 2.82. The molecule has 4 nitrogen and oxygen atoms in total. The zero-order chi connectivity index (χ0) is 17.2. The van der Waals surface area contributed by atoms with Crippen molar-refractivity contribution >= 4 is 16.6 Å². The highest BCUT2D eigenvalue weighted by atomic mass is 32.2. The van der Waals surface area contributed by atoms with E-state index in [0.29, 0.717) is 5.56 Å². The lowest BCUT2D eigenvalue weighted by Crippen LogP contribution is -2.31. The highest BCUT2D eigenvalue weighted by Crippen LogP contribution is 2.49. The molecule has 1 aliphatic heterocycles. The lowest BCUT2D eigenvalue weighted by molar-refractivity contribution is 0.0794. The molecule has 3 unspecified atom stereocenters. The maximum absolute atomic E-state index is 13.0. The number of unbranched alkanes of at least 4 members (excludes halogenated alkanes) is 1. The van der Waals surface area contributed by atoms with Crippen LogP contribution in [0.25, 0.3) is 0 Å². The fourth-order valence-electron chi connectivity index (χ4n) is 3.25. The van der Waals surface area contributed by atoms with Crippen LogP contribution in [0.3, 0.4) is 0 Å². The quantitative estimate of drug-likeness (QED) is 0.815. The van der Waals surface area contributed by atoms with Gasteiger partial charge in [0.05, 0.1) is 22.5 Å². The summed E-state index contributed by atoms with van der Waals surface area (Å²) in [7, 11) is -1.55. The molecular formula is C19H21NO3S. The minimum absolute atomic E-state index is 0.212. The molecule has 2 heterocycles.